The molecule has 0 saturated heterocycles. The molecule has 1 amide bonds. The molecule has 3 aliphatic rings. The van der Waals surface area contributed by atoms with Crippen molar-refractivity contribution in [3.8, 4) is 5.75 Å². The van der Waals surface area contributed by atoms with E-state index < -0.39 is 0 Å². The highest BCUT2D eigenvalue weighted by Gasteiger charge is 2.51. The minimum absolute atomic E-state index is 0.0142. The summed E-state index contributed by atoms with van der Waals surface area (Å²) in [7, 11) is 0. The van der Waals surface area contributed by atoms with E-state index in [0.29, 0.717) is 11.5 Å². The molecule has 0 spiro atoms. The third kappa shape index (κ3) is 2.11. The molecule has 0 aromatic carbocycles. The number of fused-ring (bicyclic) bond motifs is 5. The molecular weight excluding hydrogens is 276 g/mol. The molecule has 0 aliphatic heterocycles. The van der Waals surface area contributed by atoms with Crippen molar-refractivity contribution in [2.75, 3.05) is 0 Å². The Labute approximate surface area is 131 Å². The average Bonchev–Trinajstić information content (AvgIpc) is 3.12. The number of nitrogens with zero attached hydrogens (tertiary/aromatic N) is 1. The predicted molar refractivity (Wildman–Crippen MR) is 83.6 cm³/mol. The molecule has 5 atom stereocenters. The molecule has 1 unspecified atom stereocenters. The fourth-order valence-corrected chi connectivity index (χ4v) is 5.40. The van der Waals surface area contributed by atoms with E-state index in [-0.39, 0.29) is 23.4 Å². The predicted octanol–water partition coefficient (Wildman–Crippen LogP) is 3.04. The summed E-state index contributed by atoms with van der Waals surface area (Å²) in [4.78, 5) is 16.6. The normalized spacial score (nSPS) is 36.1. The third-order valence-corrected chi connectivity index (χ3v) is 6.33. The maximum absolute atomic E-state index is 12.5. The van der Waals surface area contributed by atoms with Gasteiger partial charge < -0.3 is 10.4 Å². The molecule has 3 aliphatic carbocycles. The second kappa shape index (κ2) is 5.25. The minimum Gasteiger partial charge on any atom is -0.505 e. The number of carbonyl (C=O) groups is 1. The summed E-state index contributed by atoms with van der Waals surface area (Å²) in [6, 6.07) is 1.99. The summed E-state index contributed by atoms with van der Waals surface area (Å²) in [6.45, 7) is 1.79. The van der Waals surface area contributed by atoms with Crippen molar-refractivity contribution in [1.82, 2.24) is 10.3 Å². The molecule has 4 heteroatoms. The maximum Gasteiger partial charge on any atom is 0.273 e. The van der Waals surface area contributed by atoms with Crippen molar-refractivity contribution in [2.45, 2.75) is 51.5 Å². The molecule has 1 aromatic heterocycles. The van der Waals surface area contributed by atoms with Gasteiger partial charge in [0.15, 0.2) is 5.69 Å². The Hall–Kier alpha value is -1.58. The van der Waals surface area contributed by atoms with E-state index in [1.807, 2.05) is 0 Å². The van der Waals surface area contributed by atoms with Crippen LogP contribution in [-0.2, 0) is 0 Å². The zero-order chi connectivity index (χ0) is 15.3. The first-order chi connectivity index (χ1) is 10.6. The zero-order valence-electron chi connectivity index (χ0n) is 13.1. The van der Waals surface area contributed by atoms with Crippen LogP contribution < -0.4 is 5.32 Å². The number of aromatic nitrogens is 1. The van der Waals surface area contributed by atoms with Crippen molar-refractivity contribution in [3.63, 3.8) is 0 Å². The van der Waals surface area contributed by atoms with Crippen LogP contribution in [-0.4, -0.2) is 22.0 Å². The number of aromatic hydroxyl groups is 1. The van der Waals surface area contributed by atoms with Gasteiger partial charge in [0.05, 0.1) is 0 Å². The van der Waals surface area contributed by atoms with E-state index in [1.165, 1.54) is 32.1 Å². The fraction of sp³-hybridized carbons (Fsp3) is 0.667. The van der Waals surface area contributed by atoms with Gasteiger partial charge in [-0.2, -0.15) is 0 Å². The van der Waals surface area contributed by atoms with Crippen molar-refractivity contribution >= 4 is 5.91 Å². The van der Waals surface area contributed by atoms with Gasteiger partial charge in [0, 0.05) is 12.2 Å². The van der Waals surface area contributed by atoms with Crippen LogP contribution >= 0.6 is 0 Å². The molecule has 1 heterocycles. The number of pyridine rings is 1. The maximum atomic E-state index is 12.5. The lowest BCUT2D eigenvalue weighted by Gasteiger charge is -2.41. The summed E-state index contributed by atoms with van der Waals surface area (Å²) < 4.78 is 0. The van der Waals surface area contributed by atoms with E-state index >= 15 is 0 Å². The number of rotatable bonds is 2. The average molecular weight is 300 g/mol. The van der Waals surface area contributed by atoms with Gasteiger partial charge in [-0.05, 0) is 74.3 Å². The van der Waals surface area contributed by atoms with Crippen molar-refractivity contribution in [3.05, 3.63) is 23.5 Å². The van der Waals surface area contributed by atoms with Gasteiger partial charge in [0.25, 0.3) is 5.91 Å². The molecule has 118 valence electrons. The van der Waals surface area contributed by atoms with E-state index in [9.17, 15) is 9.90 Å². The molecule has 4 rings (SSSR count). The van der Waals surface area contributed by atoms with Crippen LogP contribution in [0.4, 0.5) is 0 Å². The summed E-state index contributed by atoms with van der Waals surface area (Å²) >= 11 is 0. The fourth-order valence-electron chi connectivity index (χ4n) is 5.40. The Morgan fingerprint density at radius 1 is 1.27 bits per heavy atom. The smallest absolute Gasteiger partial charge is 0.273 e. The number of nitrogens with one attached hydrogen (secondary N) is 1. The number of amides is 1. The van der Waals surface area contributed by atoms with Crippen molar-refractivity contribution < 1.29 is 9.90 Å². The van der Waals surface area contributed by atoms with Gasteiger partial charge in [0.1, 0.15) is 5.75 Å². The van der Waals surface area contributed by atoms with Gasteiger partial charge >= 0.3 is 0 Å². The first-order valence-electron chi connectivity index (χ1n) is 8.60. The summed E-state index contributed by atoms with van der Waals surface area (Å²) in [5.41, 5.74) is 0.867. The third-order valence-electron chi connectivity index (χ3n) is 6.33. The van der Waals surface area contributed by atoms with Gasteiger partial charge in [-0.3, -0.25) is 4.79 Å². The van der Waals surface area contributed by atoms with E-state index in [1.54, 1.807) is 19.2 Å². The number of carbonyl (C=O) groups excluding carboxylic acids is 1. The molecule has 4 nitrogen and oxygen atoms in total. The van der Waals surface area contributed by atoms with Crippen LogP contribution in [0.15, 0.2) is 12.3 Å². The van der Waals surface area contributed by atoms with Crippen LogP contribution in [0.2, 0.25) is 0 Å². The summed E-state index contributed by atoms with van der Waals surface area (Å²) in [5, 5.41) is 13.3. The molecule has 3 saturated carbocycles. The second-order valence-corrected chi connectivity index (χ2v) is 7.41. The molecule has 2 N–H and O–H groups in total. The first kappa shape index (κ1) is 14.0. The Morgan fingerprint density at radius 3 is 2.95 bits per heavy atom. The van der Waals surface area contributed by atoms with Crippen LogP contribution in [0.5, 0.6) is 5.75 Å². The van der Waals surface area contributed by atoms with E-state index in [0.717, 1.165) is 24.2 Å². The molecular formula is C18H24N2O2. The zero-order valence-corrected chi connectivity index (χ0v) is 13.1. The minimum atomic E-state index is -0.213. The Morgan fingerprint density at radius 2 is 2.09 bits per heavy atom. The lowest BCUT2D eigenvalue weighted by molar-refractivity contribution is 0.0793. The molecule has 2 bridgehead atoms. The van der Waals surface area contributed by atoms with Gasteiger partial charge in [0.2, 0.25) is 0 Å². The van der Waals surface area contributed by atoms with Gasteiger partial charge in [-0.15, -0.1) is 0 Å². The Bertz CT molecular complexity index is 601. The van der Waals surface area contributed by atoms with Gasteiger partial charge in [-0.25, -0.2) is 4.98 Å². The SMILES string of the molecule is Cc1ccnc(C(=O)NC2CCC[C@H]3[C@H]4CC[C@H](C4)[C@@H]23)c1O. The first-order valence-corrected chi connectivity index (χ1v) is 8.60. The summed E-state index contributed by atoms with van der Waals surface area (Å²) in [5.74, 6) is 2.98. The lowest BCUT2D eigenvalue weighted by atomic mass is 9.68. The quantitative estimate of drug-likeness (QED) is 0.882. The van der Waals surface area contributed by atoms with Gasteiger partial charge in [-0.1, -0.05) is 6.42 Å². The lowest BCUT2D eigenvalue weighted by Crippen LogP contribution is -2.47. The number of aryl methyl sites for hydroxylation is 1. The highest BCUT2D eigenvalue weighted by Crippen LogP contribution is 2.57. The van der Waals surface area contributed by atoms with Crippen LogP contribution in [0.25, 0.3) is 0 Å². The Balaban J connectivity index is 1.53. The Kier molecular flexibility index (Phi) is 3.35. The summed E-state index contributed by atoms with van der Waals surface area (Å²) in [6.07, 6.45) is 9.32. The van der Waals surface area contributed by atoms with E-state index in [2.05, 4.69) is 10.3 Å². The van der Waals surface area contributed by atoms with Crippen LogP contribution in [0.1, 0.15) is 54.6 Å². The largest absolute Gasteiger partial charge is 0.505 e. The highest BCUT2D eigenvalue weighted by atomic mass is 16.3. The monoisotopic (exact) mass is 300 g/mol. The number of hydrogen-bond acceptors (Lipinski definition) is 3. The molecule has 1 aromatic rings. The molecule has 3 fully saturated rings. The second-order valence-electron chi connectivity index (χ2n) is 7.41. The van der Waals surface area contributed by atoms with Crippen LogP contribution in [0.3, 0.4) is 0 Å². The standard InChI is InChI=1S/C18H24N2O2/c1-10-7-8-19-16(17(10)21)18(22)20-14-4-2-3-13-11-5-6-12(9-11)15(13)14/h7-8,11-15,21H,2-6,9H2,1H3,(H,20,22)/t11-,12+,13-,14?,15+/m0/s1. The molecule has 0 radical (unpaired) electrons. The topological polar surface area (TPSA) is 62.2 Å². The van der Waals surface area contributed by atoms with E-state index in [4.69, 9.17) is 0 Å². The van der Waals surface area contributed by atoms with Crippen molar-refractivity contribution in [2.24, 2.45) is 23.7 Å². The molecule has 22 heavy (non-hydrogen) atoms. The van der Waals surface area contributed by atoms with Crippen LogP contribution in [0, 0.1) is 30.6 Å². The highest BCUT2D eigenvalue weighted by molar-refractivity contribution is 5.95. The van der Waals surface area contributed by atoms with Crippen molar-refractivity contribution in [1.29, 1.82) is 0 Å². The number of hydrogen-bond donors (Lipinski definition) is 2.